The smallest absolute Gasteiger partial charge is 0.383 e. The Bertz CT molecular complexity index is 565. The maximum atomic E-state index is 12.5. The summed E-state index contributed by atoms with van der Waals surface area (Å²) >= 11 is 0. The van der Waals surface area contributed by atoms with Gasteiger partial charge in [0.15, 0.2) is 0 Å². The first-order valence-corrected chi connectivity index (χ1v) is 5.45. The van der Waals surface area contributed by atoms with Gasteiger partial charge in [-0.15, -0.1) is 0 Å². The quantitative estimate of drug-likeness (QED) is 0.364. The lowest BCUT2D eigenvalue weighted by Gasteiger charge is -2.12. The molecule has 0 aliphatic heterocycles. The van der Waals surface area contributed by atoms with Crippen molar-refractivity contribution in [1.82, 2.24) is 14.9 Å². The zero-order valence-corrected chi connectivity index (χ0v) is 11.0. The van der Waals surface area contributed by atoms with E-state index in [1.807, 2.05) is 0 Å². The van der Waals surface area contributed by atoms with Gasteiger partial charge in [-0.1, -0.05) is 0 Å². The number of carbonyl (C=O) groups is 2. The van der Waals surface area contributed by atoms with E-state index in [0.717, 1.165) is 18.7 Å². The van der Waals surface area contributed by atoms with Gasteiger partial charge in [0.2, 0.25) is 5.78 Å². The van der Waals surface area contributed by atoms with E-state index in [2.05, 4.69) is 9.97 Å². The largest absolute Gasteiger partial charge is 0.455 e. The zero-order chi connectivity index (χ0) is 15.5. The predicted octanol–water partition coefficient (Wildman–Crippen LogP) is 1.54. The number of alkyl halides is 3. The third-order valence-electron chi connectivity index (χ3n) is 2.29. The number of nitrogens with zero attached hydrogens (tertiary/aromatic N) is 3. The molecule has 0 atom stereocenters. The summed E-state index contributed by atoms with van der Waals surface area (Å²) in [6.45, 7) is 1.44. The van der Waals surface area contributed by atoms with Gasteiger partial charge in [-0.3, -0.25) is 9.59 Å². The Hall–Kier alpha value is -2.25. The van der Waals surface area contributed by atoms with Crippen molar-refractivity contribution >= 4 is 11.6 Å². The van der Waals surface area contributed by atoms with Crippen molar-refractivity contribution in [1.29, 1.82) is 0 Å². The highest BCUT2D eigenvalue weighted by Crippen LogP contribution is 2.23. The Morgan fingerprint density at radius 1 is 1.30 bits per heavy atom. The molecule has 8 heteroatoms. The maximum absolute atomic E-state index is 12.5. The number of allylic oxidation sites excluding steroid dienone is 1. The summed E-state index contributed by atoms with van der Waals surface area (Å²) in [7, 11) is 2.82. The Labute approximate surface area is 113 Å². The highest BCUT2D eigenvalue weighted by Gasteiger charge is 2.43. The molecule has 20 heavy (non-hydrogen) atoms. The molecule has 0 aliphatic carbocycles. The third-order valence-corrected chi connectivity index (χ3v) is 2.29. The highest BCUT2D eigenvalue weighted by atomic mass is 19.4. The van der Waals surface area contributed by atoms with E-state index in [9.17, 15) is 22.8 Å². The molecule has 0 amide bonds. The van der Waals surface area contributed by atoms with Gasteiger partial charge < -0.3 is 4.90 Å². The van der Waals surface area contributed by atoms with E-state index in [4.69, 9.17) is 0 Å². The maximum Gasteiger partial charge on any atom is 0.455 e. The monoisotopic (exact) mass is 287 g/mol. The zero-order valence-electron chi connectivity index (χ0n) is 11.0. The van der Waals surface area contributed by atoms with Crippen LogP contribution in [-0.4, -0.2) is 46.7 Å². The average molecular weight is 287 g/mol. The Balaban J connectivity index is 3.31. The van der Waals surface area contributed by atoms with Crippen molar-refractivity contribution in [2.24, 2.45) is 0 Å². The van der Waals surface area contributed by atoms with Gasteiger partial charge in [-0.05, 0) is 6.92 Å². The lowest BCUT2D eigenvalue weighted by Crippen LogP contribution is -2.30. The van der Waals surface area contributed by atoms with Gasteiger partial charge >= 0.3 is 6.18 Å². The molecule has 1 rings (SSSR count). The third kappa shape index (κ3) is 3.62. The number of rotatable bonds is 4. The van der Waals surface area contributed by atoms with Crippen LogP contribution in [-0.2, 0) is 4.79 Å². The summed E-state index contributed by atoms with van der Waals surface area (Å²) in [4.78, 5) is 31.9. The molecular formula is C12H12F3N3O2. The Morgan fingerprint density at radius 2 is 1.90 bits per heavy atom. The van der Waals surface area contributed by atoms with Crippen LogP contribution in [0.1, 0.15) is 16.1 Å². The molecule has 0 saturated carbocycles. The van der Waals surface area contributed by atoms with Crippen molar-refractivity contribution in [2.45, 2.75) is 13.1 Å². The summed E-state index contributed by atoms with van der Waals surface area (Å²) in [5, 5.41) is 0. The van der Waals surface area contributed by atoms with E-state index >= 15 is 0 Å². The summed E-state index contributed by atoms with van der Waals surface area (Å²) < 4.78 is 37.6. The van der Waals surface area contributed by atoms with Crippen LogP contribution < -0.4 is 0 Å². The fraction of sp³-hybridized carbons (Fsp3) is 0.333. The van der Waals surface area contributed by atoms with E-state index < -0.39 is 23.3 Å². The lowest BCUT2D eigenvalue weighted by atomic mass is 10.0. The van der Waals surface area contributed by atoms with Crippen molar-refractivity contribution in [3.63, 3.8) is 0 Å². The first-order valence-electron chi connectivity index (χ1n) is 5.45. The minimum atomic E-state index is -5.12. The topological polar surface area (TPSA) is 63.2 Å². The van der Waals surface area contributed by atoms with Crippen LogP contribution in [0.3, 0.4) is 0 Å². The van der Waals surface area contributed by atoms with E-state index in [0.29, 0.717) is 0 Å². The number of carbonyl (C=O) groups excluding carboxylic acids is 2. The van der Waals surface area contributed by atoms with E-state index in [1.165, 1.54) is 25.9 Å². The highest BCUT2D eigenvalue weighted by molar-refractivity contribution is 6.27. The van der Waals surface area contributed by atoms with Crippen LogP contribution >= 0.6 is 0 Å². The Kier molecular flexibility index (Phi) is 4.59. The number of Topliss-reactive ketones (excluding diaryl/α,β-unsaturated/α-hetero) is 2. The van der Waals surface area contributed by atoms with Gasteiger partial charge in [-0.2, -0.15) is 13.2 Å². The van der Waals surface area contributed by atoms with Gasteiger partial charge in [0.05, 0.1) is 16.8 Å². The fourth-order valence-corrected chi connectivity index (χ4v) is 1.39. The molecule has 108 valence electrons. The molecule has 0 saturated heterocycles. The number of hydrogen-bond acceptors (Lipinski definition) is 5. The first kappa shape index (κ1) is 15.8. The molecule has 0 spiro atoms. The van der Waals surface area contributed by atoms with Crippen LogP contribution in [0.2, 0.25) is 0 Å². The molecule has 0 unspecified atom stereocenters. The minimum Gasteiger partial charge on any atom is -0.383 e. The number of ketones is 2. The molecule has 1 aromatic heterocycles. The summed E-state index contributed by atoms with van der Waals surface area (Å²) in [5.74, 6) is -3.25. The summed E-state index contributed by atoms with van der Waals surface area (Å²) in [6.07, 6.45) is -2.05. The van der Waals surface area contributed by atoms with E-state index in [1.54, 1.807) is 0 Å². The molecule has 1 aromatic rings. The van der Waals surface area contributed by atoms with Crippen molar-refractivity contribution in [2.75, 3.05) is 14.1 Å². The standard InChI is InChI=1S/C12H12F3N3O2/c1-7-8(4-16-6-17-7)10(19)9(5-18(2)3)11(20)12(13,14)15/h4-6H,1-3H3. The second-order valence-corrected chi connectivity index (χ2v) is 4.18. The average Bonchev–Trinajstić information content (AvgIpc) is 2.33. The number of halogens is 3. The molecule has 5 nitrogen and oxygen atoms in total. The predicted molar refractivity (Wildman–Crippen MR) is 63.9 cm³/mol. The van der Waals surface area contributed by atoms with Crippen molar-refractivity contribution in [3.8, 4) is 0 Å². The Morgan fingerprint density at radius 3 is 2.35 bits per heavy atom. The molecule has 0 bridgehead atoms. The number of aryl methyl sites for hydroxylation is 1. The van der Waals surface area contributed by atoms with Crippen LogP contribution in [0, 0.1) is 6.92 Å². The van der Waals surface area contributed by atoms with Crippen LogP contribution in [0.4, 0.5) is 13.2 Å². The minimum absolute atomic E-state index is 0.141. The number of hydrogen-bond donors (Lipinski definition) is 0. The molecular weight excluding hydrogens is 275 g/mol. The first-order chi connectivity index (χ1) is 9.14. The fourth-order valence-electron chi connectivity index (χ4n) is 1.39. The van der Waals surface area contributed by atoms with Crippen LogP contribution in [0.15, 0.2) is 24.3 Å². The van der Waals surface area contributed by atoms with E-state index in [-0.39, 0.29) is 11.3 Å². The second-order valence-electron chi connectivity index (χ2n) is 4.18. The van der Waals surface area contributed by atoms with Crippen LogP contribution in [0.5, 0.6) is 0 Å². The summed E-state index contributed by atoms with van der Waals surface area (Å²) in [5.41, 5.74) is -0.914. The SMILES string of the molecule is Cc1ncncc1C(=O)C(=CN(C)C)C(=O)C(F)(F)F. The normalized spacial score (nSPS) is 12.2. The van der Waals surface area contributed by atoms with Gasteiger partial charge in [0.25, 0.3) is 5.78 Å². The molecule has 0 fully saturated rings. The summed E-state index contributed by atoms with van der Waals surface area (Å²) in [6, 6.07) is 0. The second kappa shape index (κ2) is 5.81. The van der Waals surface area contributed by atoms with Crippen molar-refractivity contribution in [3.05, 3.63) is 35.6 Å². The molecule has 0 aliphatic rings. The van der Waals surface area contributed by atoms with Crippen molar-refractivity contribution < 1.29 is 22.8 Å². The van der Waals surface area contributed by atoms with Gasteiger partial charge in [0, 0.05) is 26.5 Å². The lowest BCUT2D eigenvalue weighted by molar-refractivity contribution is -0.166. The number of aromatic nitrogens is 2. The molecule has 1 heterocycles. The molecule has 0 radical (unpaired) electrons. The molecule has 0 aromatic carbocycles. The molecule has 0 N–H and O–H groups in total. The van der Waals surface area contributed by atoms with Gasteiger partial charge in [-0.25, -0.2) is 9.97 Å². The van der Waals surface area contributed by atoms with Gasteiger partial charge in [0.1, 0.15) is 6.33 Å². The van der Waals surface area contributed by atoms with Crippen LogP contribution in [0.25, 0.3) is 0 Å².